The fourth-order valence-corrected chi connectivity index (χ4v) is 4.12. The number of halogens is 1. The van der Waals surface area contributed by atoms with Crippen molar-refractivity contribution in [3.8, 4) is 0 Å². The summed E-state index contributed by atoms with van der Waals surface area (Å²) in [4.78, 5) is 40.5. The molecule has 0 bridgehead atoms. The summed E-state index contributed by atoms with van der Waals surface area (Å²) in [6, 6.07) is 12.2. The van der Waals surface area contributed by atoms with E-state index in [1.165, 1.54) is 18.2 Å². The number of benzene rings is 2. The summed E-state index contributed by atoms with van der Waals surface area (Å²) in [5.74, 6) is -1.27. The van der Waals surface area contributed by atoms with Crippen LogP contribution in [0.25, 0.3) is 0 Å². The molecule has 1 heterocycles. The summed E-state index contributed by atoms with van der Waals surface area (Å²) < 4.78 is 13.5. The van der Waals surface area contributed by atoms with Gasteiger partial charge < -0.3 is 15.5 Å². The van der Waals surface area contributed by atoms with Crippen LogP contribution < -0.4 is 10.6 Å². The van der Waals surface area contributed by atoms with Crippen molar-refractivity contribution in [2.75, 3.05) is 13.1 Å². The van der Waals surface area contributed by atoms with Crippen LogP contribution in [0.3, 0.4) is 0 Å². The van der Waals surface area contributed by atoms with Gasteiger partial charge in [0.05, 0.1) is 0 Å². The third-order valence-corrected chi connectivity index (χ3v) is 6.33. The quantitative estimate of drug-likeness (QED) is 0.671. The molecule has 2 unspecified atom stereocenters. The van der Waals surface area contributed by atoms with Crippen molar-refractivity contribution >= 4 is 17.7 Å². The molecule has 1 saturated heterocycles. The number of rotatable bonds is 7. The van der Waals surface area contributed by atoms with Gasteiger partial charge in [0.1, 0.15) is 11.9 Å². The molecule has 1 aliphatic heterocycles. The van der Waals surface area contributed by atoms with Crippen LogP contribution in [-0.4, -0.2) is 47.8 Å². The van der Waals surface area contributed by atoms with E-state index in [-0.39, 0.29) is 29.7 Å². The third kappa shape index (κ3) is 6.18. The Kier molecular flexibility index (Phi) is 8.20. The van der Waals surface area contributed by atoms with Gasteiger partial charge in [0.15, 0.2) is 0 Å². The number of nitrogens with one attached hydrogen (secondary N) is 2. The molecule has 3 amide bonds. The van der Waals surface area contributed by atoms with Crippen molar-refractivity contribution in [2.24, 2.45) is 5.92 Å². The first-order chi connectivity index (χ1) is 15.8. The maximum Gasteiger partial charge on any atom is 0.253 e. The molecule has 2 atom stereocenters. The Morgan fingerprint density at radius 3 is 2.39 bits per heavy atom. The number of carbonyl (C=O) groups is 3. The second-order valence-corrected chi connectivity index (χ2v) is 8.72. The van der Waals surface area contributed by atoms with E-state index in [0.29, 0.717) is 37.1 Å². The Labute approximate surface area is 194 Å². The molecule has 2 N–H and O–H groups in total. The van der Waals surface area contributed by atoms with Crippen LogP contribution in [-0.2, 0) is 4.79 Å². The van der Waals surface area contributed by atoms with Gasteiger partial charge in [-0.1, -0.05) is 31.2 Å². The number of amides is 3. The van der Waals surface area contributed by atoms with Crippen LogP contribution in [0.15, 0.2) is 48.5 Å². The van der Waals surface area contributed by atoms with Crippen LogP contribution in [0.5, 0.6) is 0 Å². The zero-order valence-corrected chi connectivity index (χ0v) is 19.4. The minimum Gasteiger partial charge on any atom is -0.352 e. The van der Waals surface area contributed by atoms with E-state index < -0.39 is 11.9 Å². The first kappa shape index (κ1) is 24.4. The Hall–Kier alpha value is -3.22. The van der Waals surface area contributed by atoms with Crippen molar-refractivity contribution in [3.63, 3.8) is 0 Å². The van der Waals surface area contributed by atoms with E-state index in [1.807, 2.05) is 32.9 Å². The molecule has 0 spiro atoms. The van der Waals surface area contributed by atoms with Crippen LogP contribution in [0.4, 0.5) is 4.39 Å². The van der Waals surface area contributed by atoms with Gasteiger partial charge in [-0.25, -0.2) is 4.39 Å². The molecule has 1 fully saturated rings. The number of carbonyl (C=O) groups excluding carboxylic acids is 3. The van der Waals surface area contributed by atoms with Gasteiger partial charge in [0, 0.05) is 30.3 Å². The predicted octanol–water partition coefficient (Wildman–Crippen LogP) is 3.70. The molecule has 6 nitrogen and oxygen atoms in total. The van der Waals surface area contributed by atoms with Crippen LogP contribution in [0.1, 0.15) is 59.4 Å². The summed E-state index contributed by atoms with van der Waals surface area (Å²) in [5.41, 5.74) is 1.69. The average molecular weight is 454 g/mol. The number of likely N-dealkylation sites (tertiary alicyclic amines) is 1. The highest BCUT2D eigenvalue weighted by Crippen LogP contribution is 2.23. The first-order valence-electron chi connectivity index (χ1n) is 11.5. The van der Waals surface area contributed by atoms with E-state index in [9.17, 15) is 18.8 Å². The topological polar surface area (TPSA) is 78.5 Å². The minimum atomic E-state index is -0.697. The molecule has 0 saturated carbocycles. The number of aryl methyl sites for hydroxylation is 1. The van der Waals surface area contributed by atoms with Gasteiger partial charge in [-0.05, 0) is 68.9 Å². The molecule has 0 radical (unpaired) electrons. The smallest absolute Gasteiger partial charge is 0.253 e. The van der Waals surface area contributed by atoms with Gasteiger partial charge in [0.2, 0.25) is 5.91 Å². The lowest BCUT2D eigenvalue weighted by atomic mass is 9.88. The van der Waals surface area contributed by atoms with Crippen molar-refractivity contribution in [1.82, 2.24) is 15.5 Å². The summed E-state index contributed by atoms with van der Waals surface area (Å²) in [7, 11) is 0. The average Bonchev–Trinajstić information content (AvgIpc) is 2.82. The maximum atomic E-state index is 13.5. The number of piperidine rings is 1. The Morgan fingerprint density at radius 1 is 1.06 bits per heavy atom. The van der Waals surface area contributed by atoms with Crippen LogP contribution in [0, 0.1) is 18.7 Å². The van der Waals surface area contributed by atoms with Crippen LogP contribution in [0.2, 0.25) is 0 Å². The van der Waals surface area contributed by atoms with Gasteiger partial charge in [-0.2, -0.15) is 0 Å². The predicted molar refractivity (Wildman–Crippen MR) is 125 cm³/mol. The number of hydrogen-bond donors (Lipinski definition) is 2. The van der Waals surface area contributed by atoms with Gasteiger partial charge in [-0.3, -0.25) is 14.4 Å². The first-order valence-corrected chi connectivity index (χ1v) is 11.5. The molecule has 2 aromatic rings. The van der Waals surface area contributed by atoms with Crippen molar-refractivity contribution < 1.29 is 18.8 Å². The zero-order valence-electron chi connectivity index (χ0n) is 19.4. The lowest BCUT2D eigenvalue weighted by Gasteiger charge is -2.36. The van der Waals surface area contributed by atoms with Gasteiger partial charge >= 0.3 is 0 Å². The second kappa shape index (κ2) is 11.1. The minimum absolute atomic E-state index is 0.00925. The molecule has 0 aliphatic carbocycles. The summed E-state index contributed by atoms with van der Waals surface area (Å²) in [6.07, 6.45) is 1.91. The standard InChI is InChI=1S/C26H32FN3O3/c1-4-18(3)28-25(32)23(29-24(31)22-11-6-5-8-17(22)2)19-12-14-30(15-13-19)26(33)20-9-7-10-21(27)16-20/h5-11,16,18-19,23H,4,12-15H2,1-3H3,(H,28,32)(H,29,31). The molecular formula is C26H32FN3O3. The highest BCUT2D eigenvalue weighted by molar-refractivity contribution is 5.98. The fourth-order valence-electron chi connectivity index (χ4n) is 4.12. The van der Waals surface area contributed by atoms with E-state index >= 15 is 0 Å². The zero-order chi connectivity index (χ0) is 24.0. The van der Waals surface area contributed by atoms with Gasteiger partial charge in [-0.15, -0.1) is 0 Å². The number of hydrogen-bond acceptors (Lipinski definition) is 3. The lowest BCUT2D eigenvalue weighted by molar-refractivity contribution is -0.125. The highest BCUT2D eigenvalue weighted by atomic mass is 19.1. The van der Waals surface area contributed by atoms with Crippen molar-refractivity contribution in [3.05, 3.63) is 71.0 Å². The maximum absolute atomic E-state index is 13.5. The Bertz CT molecular complexity index is 1000. The van der Waals surface area contributed by atoms with Crippen molar-refractivity contribution in [2.45, 2.75) is 52.1 Å². The molecule has 176 valence electrons. The number of nitrogens with zero attached hydrogens (tertiary/aromatic N) is 1. The monoisotopic (exact) mass is 453 g/mol. The summed E-state index contributed by atoms with van der Waals surface area (Å²) in [6.45, 7) is 6.65. The van der Waals surface area contributed by atoms with Gasteiger partial charge in [0.25, 0.3) is 11.8 Å². The largest absolute Gasteiger partial charge is 0.352 e. The second-order valence-electron chi connectivity index (χ2n) is 8.72. The molecular weight excluding hydrogens is 421 g/mol. The molecule has 2 aromatic carbocycles. The molecule has 1 aliphatic rings. The Balaban J connectivity index is 1.71. The lowest BCUT2D eigenvalue weighted by Crippen LogP contribution is -2.55. The normalized spacial score (nSPS) is 16.1. The fraction of sp³-hybridized carbons (Fsp3) is 0.423. The molecule has 7 heteroatoms. The SMILES string of the molecule is CCC(C)NC(=O)C(NC(=O)c1ccccc1C)C1CCN(C(=O)c2cccc(F)c2)CC1. The third-order valence-electron chi connectivity index (χ3n) is 6.33. The van der Waals surface area contributed by atoms with E-state index in [4.69, 9.17) is 0 Å². The van der Waals surface area contributed by atoms with Crippen molar-refractivity contribution in [1.29, 1.82) is 0 Å². The highest BCUT2D eigenvalue weighted by Gasteiger charge is 2.34. The Morgan fingerprint density at radius 2 is 1.76 bits per heavy atom. The van der Waals surface area contributed by atoms with E-state index in [1.54, 1.807) is 23.1 Å². The van der Waals surface area contributed by atoms with E-state index in [0.717, 1.165) is 12.0 Å². The summed E-state index contributed by atoms with van der Waals surface area (Å²) in [5, 5.41) is 5.94. The van der Waals surface area contributed by atoms with E-state index in [2.05, 4.69) is 10.6 Å². The summed E-state index contributed by atoms with van der Waals surface area (Å²) >= 11 is 0. The molecule has 33 heavy (non-hydrogen) atoms. The molecule has 3 rings (SSSR count). The molecule has 0 aromatic heterocycles. The van der Waals surface area contributed by atoms with Crippen LogP contribution >= 0.6 is 0 Å².